The number of rotatable bonds is 4. The highest BCUT2D eigenvalue weighted by atomic mass is 32.1. The minimum Gasteiger partial charge on any atom is -0.392 e. The second-order valence-corrected chi connectivity index (χ2v) is 6.36. The number of carbonyl (C=O) groups excluding carboxylic acids is 1. The third kappa shape index (κ3) is 1.68. The quantitative estimate of drug-likeness (QED) is 0.770. The Balaban J connectivity index is 1.66. The van der Waals surface area contributed by atoms with Crippen LogP contribution < -0.4 is 5.73 Å². The Morgan fingerprint density at radius 3 is 2.41 bits per heavy atom. The predicted molar refractivity (Wildman–Crippen MR) is 70.3 cm³/mol. The maximum absolute atomic E-state index is 12.4. The number of thiocarbonyl (C=S) groups is 1. The van der Waals surface area contributed by atoms with Gasteiger partial charge in [-0.25, -0.2) is 0 Å². The van der Waals surface area contributed by atoms with Crippen LogP contribution in [0.1, 0.15) is 26.2 Å². The monoisotopic (exact) mass is 252 g/mol. The van der Waals surface area contributed by atoms with Crippen molar-refractivity contribution in [2.45, 2.75) is 26.2 Å². The molecule has 0 aromatic heterocycles. The molecule has 2 N–H and O–H groups in total. The molecule has 3 rings (SSSR count). The number of nitrogens with zero attached hydrogens (tertiary/aromatic N) is 1. The second kappa shape index (κ2) is 3.94. The van der Waals surface area contributed by atoms with Crippen LogP contribution in [-0.4, -0.2) is 28.9 Å². The lowest BCUT2D eigenvalue weighted by atomic mass is 10.0. The summed E-state index contributed by atoms with van der Waals surface area (Å²) in [5.74, 6) is 3.75. The molecule has 2 bridgehead atoms. The van der Waals surface area contributed by atoms with Crippen molar-refractivity contribution < 1.29 is 4.79 Å². The van der Waals surface area contributed by atoms with Crippen molar-refractivity contribution in [3.8, 4) is 0 Å². The fourth-order valence-electron chi connectivity index (χ4n) is 4.40. The molecule has 0 spiro atoms. The molecule has 94 valence electrons. The normalized spacial score (nSPS) is 41.1. The molecule has 4 unspecified atom stereocenters. The average molecular weight is 252 g/mol. The van der Waals surface area contributed by atoms with E-state index in [-0.39, 0.29) is 0 Å². The Morgan fingerprint density at radius 1 is 1.35 bits per heavy atom. The first kappa shape index (κ1) is 11.5. The first-order valence-electron chi connectivity index (χ1n) is 6.70. The Morgan fingerprint density at radius 2 is 1.94 bits per heavy atom. The summed E-state index contributed by atoms with van der Waals surface area (Å²) < 4.78 is 0. The van der Waals surface area contributed by atoms with Crippen LogP contribution in [0.5, 0.6) is 0 Å². The Bertz CT molecular complexity index is 354. The molecule has 3 saturated carbocycles. The van der Waals surface area contributed by atoms with E-state index in [2.05, 4.69) is 0 Å². The van der Waals surface area contributed by atoms with Gasteiger partial charge in [-0.05, 0) is 49.9 Å². The number of carbonyl (C=O) groups is 1. The molecule has 3 aliphatic rings. The molecule has 0 heterocycles. The molecule has 0 radical (unpaired) electrons. The zero-order valence-corrected chi connectivity index (χ0v) is 11.1. The van der Waals surface area contributed by atoms with Gasteiger partial charge in [0, 0.05) is 12.5 Å². The van der Waals surface area contributed by atoms with Crippen LogP contribution in [0.3, 0.4) is 0 Å². The van der Waals surface area contributed by atoms with E-state index < -0.39 is 0 Å². The molecule has 4 heteroatoms. The molecule has 0 aromatic carbocycles. The minimum atomic E-state index is 0.312. The van der Waals surface area contributed by atoms with Gasteiger partial charge in [0.15, 0.2) is 0 Å². The molecule has 4 atom stereocenters. The summed E-state index contributed by atoms with van der Waals surface area (Å²) in [6.07, 6.45) is 4.11. The molecule has 1 amide bonds. The predicted octanol–water partition coefficient (Wildman–Crippen LogP) is 1.41. The maximum Gasteiger partial charge on any atom is 0.226 e. The summed E-state index contributed by atoms with van der Waals surface area (Å²) in [5.41, 5.74) is 5.55. The second-order valence-electron chi connectivity index (χ2n) is 5.83. The van der Waals surface area contributed by atoms with E-state index >= 15 is 0 Å². The van der Waals surface area contributed by atoms with Crippen molar-refractivity contribution in [1.29, 1.82) is 0 Å². The summed E-state index contributed by atoms with van der Waals surface area (Å²) in [4.78, 5) is 14.7. The van der Waals surface area contributed by atoms with E-state index in [1.54, 1.807) is 0 Å². The number of likely N-dealkylation sites (N-methyl/N-ethyl adjacent to an activating group) is 1. The van der Waals surface area contributed by atoms with Gasteiger partial charge in [0.05, 0.1) is 11.5 Å². The number of hydrogen-bond donors (Lipinski definition) is 1. The highest BCUT2D eigenvalue weighted by Gasteiger charge is 2.67. The highest BCUT2D eigenvalue weighted by molar-refractivity contribution is 7.80. The van der Waals surface area contributed by atoms with Gasteiger partial charge in [0.1, 0.15) is 0 Å². The molecule has 3 fully saturated rings. The van der Waals surface area contributed by atoms with Crippen LogP contribution in [0.4, 0.5) is 0 Å². The van der Waals surface area contributed by atoms with Gasteiger partial charge in [-0.15, -0.1) is 0 Å². The van der Waals surface area contributed by atoms with Gasteiger partial charge in [0.2, 0.25) is 5.91 Å². The summed E-state index contributed by atoms with van der Waals surface area (Å²) in [7, 11) is 0. The molecule has 0 aliphatic heterocycles. The van der Waals surface area contributed by atoms with E-state index in [0.29, 0.717) is 35.2 Å². The van der Waals surface area contributed by atoms with Crippen LogP contribution in [0, 0.1) is 29.6 Å². The molecule has 17 heavy (non-hydrogen) atoms. The Hall–Kier alpha value is -0.640. The fraction of sp³-hybridized carbons (Fsp3) is 0.846. The lowest BCUT2D eigenvalue weighted by Gasteiger charge is -2.21. The van der Waals surface area contributed by atoms with Gasteiger partial charge in [0.25, 0.3) is 0 Å². The van der Waals surface area contributed by atoms with E-state index in [4.69, 9.17) is 18.0 Å². The van der Waals surface area contributed by atoms with E-state index in [9.17, 15) is 4.79 Å². The van der Waals surface area contributed by atoms with E-state index in [1.807, 2.05) is 11.8 Å². The van der Waals surface area contributed by atoms with Crippen LogP contribution in [-0.2, 0) is 4.79 Å². The molecule has 3 aliphatic carbocycles. The van der Waals surface area contributed by atoms with Crippen molar-refractivity contribution in [2.24, 2.45) is 35.3 Å². The van der Waals surface area contributed by atoms with E-state index in [0.717, 1.165) is 18.4 Å². The lowest BCUT2D eigenvalue weighted by molar-refractivity contribution is -0.132. The molecular weight excluding hydrogens is 232 g/mol. The van der Waals surface area contributed by atoms with Crippen LogP contribution >= 0.6 is 12.2 Å². The van der Waals surface area contributed by atoms with E-state index in [1.165, 1.54) is 19.3 Å². The van der Waals surface area contributed by atoms with Gasteiger partial charge >= 0.3 is 0 Å². The molecule has 3 nitrogen and oxygen atoms in total. The highest BCUT2D eigenvalue weighted by Crippen LogP contribution is 2.69. The summed E-state index contributed by atoms with van der Waals surface area (Å²) >= 11 is 4.91. The average Bonchev–Trinajstić information content (AvgIpc) is 2.73. The van der Waals surface area contributed by atoms with Gasteiger partial charge in [-0.3, -0.25) is 4.79 Å². The van der Waals surface area contributed by atoms with Gasteiger partial charge in [-0.2, -0.15) is 0 Å². The van der Waals surface area contributed by atoms with Crippen molar-refractivity contribution in [2.75, 3.05) is 13.1 Å². The molecule has 0 aromatic rings. The van der Waals surface area contributed by atoms with Crippen molar-refractivity contribution in [1.82, 2.24) is 4.90 Å². The first-order valence-corrected chi connectivity index (χ1v) is 7.11. The smallest absolute Gasteiger partial charge is 0.226 e. The minimum absolute atomic E-state index is 0.312. The molecular formula is C13H20N2OS. The number of fused-ring (bicyclic) bond motifs is 5. The lowest BCUT2D eigenvalue weighted by Crippen LogP contribution is -2.39. The summed E-state index contributed by atoms with van der Waals surface area (Å²) in [6, 6.07) is 0. The van der Waals surface area contributed by atoms with Crippen molar-refractivity contribution in [3.63, 3.8) is 0 Å². The summed E-state index contributed by atoms with van der Waals surface area (Å²) in [6.45, 7) is 3.18. The standard InChI is InChI=1S/C13H20N2OS/c1-2-15(6-9(14)17)13(16)12-10-7-3-4-8(5-7)11(10)12/h7-8,10-12H,2-6H2,1H3,(H2,14,17). The summed E-state index contributed by atoms with van der Waals surface area (Å²) in [5, 5.41) is 0. The first-order chi connectivity index (χ1) is 8.13. The van der Waals surface area contributed by atoms with Crippen LogP contribution in [0.25, 0.3) is 0 Å². The Kier molecular flexibility index (Phi) is 2.65. The maximum atomic E-state index is 12.4. The largest absolute Gasteiger partial charge is 0.392 e. The Labute approximate surface area is 108 Å². The topological polar surface area (TPSA) is 46.3 Å². The van der Waals surface area contributed by atoms with Crippen molar-refractivity contribution in [3.05, 3.63) is 0 Å². The number of nitrogens with two attached hydrogens (primary N) is 1. The van der Waals surface area contributed by atoms with Gasteiger partial charge < -0.3 is 10.6 Å². The third-order valence-corrected chi connectivity index (χ3v) is 5.19. The fourth-order valence-corrected chi connectivity index (χ4v) is 4.56. The van der Waals surface area contributed by atoms with Crippen LogP contribution in [0.15, 0.2) is 0 Å². The van der Waals surface area contributed by atoms with Gasteiger partial charge in [-0.1, -0.05) is 12.2 Å². The zero-order valence-electron chi connectivity index (χ0n) is 10.3. The zero-order chi connectivity index (χ0) is 12.2. The third-order valence-electron chi connectivity index (χ3n) is 5.06. The SMILES string of the molecule is CCN(CC(N)=S)C(=O)C1C2C3CCC(C3)C12. The van der Waals surface area contributed by atoms with Crippen molar-refractivity contribution >= 4 is 23.1 Å². The number of hydrogen-bond acceptors (Lipinski definition) is 2. The molecule has 0 saturated heterocycles. The number of amides is 1. The van der Waals surface area contributed by atoms with Crippen LogP contribution in [0.2, 0.25) is 0 Å².